The Kier molecular flexibility index (Phi) is 4.46. The molecular weight excluding hydrogens is 292 g/mol. The lowest BCUT2D eigenvalue weighted by molar-refractivity contribution is -0.141. The third-order valence-corrected chi connectivity index (χ3v) is 4.05. The van der Waals surface area contributed by atoms with E-state index in [0.717, 1.165) is 17.5 Å². The van der Waals surface area contributed by atoms with Gasteiger partial charge in [0.25, 0.3) is 0 Å². The summed E-state index contributed by atoms with van der Waals surface area (Å²) in [7, 11) is 0. The summed E-state index contributed by atoms with van der Waals surface area (Å²) in [6.07, 6.45) is 2.75. The van der Waals surface area contributed by atoms with Crippen molar-refractivity contribution in [3.05, 3.63) is 59.5 Å². The highest BCUT2D eigenvalue weighted by Crippen LogP contribution is 2.30. The van der Waals surface area contributed by atoms with Crippen LogP contribution in [0.3, 0.4) is 0 Å². The monoisotopic (exact) mass is 312 g/mol. The van der Waals surface area contributed by atoms with Gasteiger partial charge in [-0.1, -0.05) is 31.2 Å². The standard InChI is InChI=1S/C18H20N2O3/c1-2-9-20-16(21)11-13-6-3-4-8-15(13)17(20)18(22)19-12-14-7-5-10-23-14/h3-8,10,17H,2,9,11-12H2,1H3,(H,19,22)/t17-/m1/s1. The minimum atomic E-state index is -0.567. The van der Waals surface area contributed by atoms with E-state index in [1.807, 2.05) is 37.3 Å². The van der Waals surface area contributed by atoms with Crippen molar-refractivity contribution >= 4 is 11.8 Å². The first kappa shape index (κ1) is 15.3. The second kappa shape index (κ2) is 6.69. The first-order chi connectivity index (χ1) is 11.2. The smallest absolute Gasteiger partial charge is 0.247 e. The molecule has 2 aromatic rings. The zero-order valence-corrected chi connectivity index (χ0v) is 13.1. The molecule has 2 heterocycles. The molecule has 0 saturated heterocycles. The maximum atomic E-state index is 12.7. The molecule has 1 aromatic heterocycles. The van der Waals surface area contributed by atoms with Crippen LogP contribution in [0.25, 0.3) is 0 Å². The summed E-state index contributed by atoms with van der Waals surface area (Å²) >= 11 is 0. The van der Waals surface area contributed by atoms with E-state index in [0.29, 0.717) is 25.3 Å². The summed E-state index contributed by atoms with van der Waals surface area (Å²) in [6, 6.07) is 10.7. The van der Waals surface area contributed by atoms with Gasteiger partial charge in [-0.15, -0.1) is 0 Å². The number of benzene rings is 1. The van der Waals surface area contributed by atoms with Crippen LogP contribution in [0, 0.1) is 0 Å². The molecule has 1 aromatic carbocycles. The summed E-state index contributed by atoms with van der Waals surface area (Å²) < 4.78 is 5.24. The fourth-order valence-electron chi connectivity index (χ4n) is 3.00. The van der Waals surface area contributed by atoms with Crippen molar-refractivity contribution in [3.63, 3.8) is 0 Å². The predicted molar refractivity (Wildman–Crippen MR) is 85.4 cm³/mol. The average molecular weight is 312 g/mol. The Bertz CT molecular complexity index is 694. The highest BCUT2D eigenvalue weighted by atomic mass is 16.3. The van der Waals surface area contributed by atoms with Gasteiger partial charge in [0, 0.05) is 6.54 Å². The number of nitrogens with one attached hydrogen (secondary N) is 1. The van der Waals surface area contributed by atoms with Gasteiger partial charge in [-0.05, 0) is 29.7 Å². The lowest BCUT2D eigenvalue weighted by atomic mass is 9.91. The lowest BCUT2D eigenvalue weighted by Crippen LogP contribution is -2.47. The van der Waals surface area contributed by atoms with E-state index >= 15 is 0 Å². The normalized spacial score (nSPS) is 17.0. The molecule has 0 bridgehead atoms. The number of nitrogens with zero attached hydrogens (tertiary/aromatic N) is 1. The second-order valence-electron chi connectivity index (χ2n) is 5.66. The van der Waals surface area contributed by atoms with E-state index in [-0.39, 0.29) is 11.8 Å². The van der Waals surface area contributed by atoms with Gasteiger partial charge in [0.2, 0.25) is 11.8 Å². The molecule has 1 N–H and O–H groups in total. The van der Waals surface area contributed by atoms with Crippen LogP contribution in [0.15, 0.2) is 47.1 Å². The third-order valence-electron chi connectivity index (χ3n) is 4.05. The molecule has 0 radical (unpaired) electrons. The molecule has 1 atom stereocenters. The Morgan fingerprint density at radius 2 is 2.13 bits per heavy atom. The van der Waals surface area contributed by atoms with Crippen molar-refractivity contribution in [1.82, 2.24) is 10.2 Å². The van der Waals surface area contributed by atoms with Gasteiger partial charge >= 0.3 is 0 Å². The fourth-order valence-corrected chi connectivity index (χ4v) is 3.00. The highest BCUT2D eigenvalue weighted by molar-refractivity contribution is 5.92. The summed E-state index contributed by atoms with van der Waals surface area (Å²) in [5.41, 5.74) is 1.85. The van der Waals surface area contributed by atoms with Gasteiger partial charge in [0.1, 0.15) is 11.8 Å². The molecule has 23 heavy (non-hydrogen) atoms. The Balaban J connectivity index is 1.85. The van der Waals surface area contributed by atoms with E-state index in [1.165, 1.54) is 0 Å². The van der Waals surface area contributed by atoms with E-state index in [4.69, 9.17) is 4.42 Å². The summed E-state index contributed by atoms with van der Waals surface area (Å²) in [5.74, 6) is 0.523. The van der Waals surface area contributed by atoms with E-state index in [9.17, 15) is 9.59 Å². The van der Waals surface area contributed by atoms with Crippen molar-refractivity contribution in [3.8, 4) is 0 Å². The summed E-state index contributed by atoms with van der Waals surface area (Å²) in [4.78, 5) is 26.8. The lowest BCUT2D eigenvalue weighted by Gasteiger charge is -2.36. The molecule has 1 aliphatic heterocycles. The highest BCUT2D eigenvalue weighted by Gasteiger charge is 2.36. The van der Waals surface area contributed by atoms with Gasteiger partial charge < -0.3 is 14.6 Å². The number of hydrogen-bond donors (Lipinski definition) is 1. The SMILES string of the molecule is CCCN1C(=O)Cc2ccccc2[C@@H]1C(=O)NCc1ccco1. The molecule has 0 saturated carbocycles. The Hall–Kier alpha value is -2.56. The number of amides is 2. The van der Waals surface area contributed by atoms with Crippen LogP contribution in [0.1, 0.15) is 36.3 Å². The Labute approximate surface area is 135 Å². The number of hydrogen-bond acceptors (Lipinski definition) is 3. The van der Waals surface area contributed by atoms with Crippen LogP contribution >= 0.6 is 0 Å². The molecule has 5 heteroatoms. The molecule has 3 rings (SSSR count). The molecule has 0 fully saturated rings. The summed E-state index contributed by atoms with van der Waals surface area (Å²) in [5, 5.41) is 2.88. The third kappa shape index (κ3) is 3.13. The molecule has 2 amide bonds. The molecule has 5 nitrogen and oxygen atoms in total. The average Bonchev–Trinajstić information content (AvgIpc) is 3.07. The van der Waals surface area contributed by atoms with E-state index < -0.39 is 6.04 Å². The molecule has 1 aliphatic rings. The van der Waals surface area contributed by atoms with Gasteiger partial charge in [-0.3, -0.25) is 9.59 Å². The van der Waals surface area contributed by atoms with Crippen LogP contribution in [0.5, 0.6) is 0 Å². The first-order valence-corrected chi connectivity index (χ1v) is 7.88. The van der Waals surface area contributed by atoms with Crippen LogP contribution in [0.2, 0.25) is 0 Å². The van der Waals surface area contributed by atoms with Crippen LogP contribution in [-0.2, 0) is 22.6 Å². The van der Waals surface area contributed by atoms with Crippen molar-refractivity contribution < 1.29 is 14.0 Å². The number of fused-ring (bicyclic) bond motifs is 1. The molecule has 0 spiro atoms. The number of carbonyl (C=O) groups is 2. The zero-order chi connectivity index (χ0) is 16.2. The fraction of sp³-hybridized carbons (Fsp3) is 0.333. The van der Waals surface area contributed by atoms with Crippen molar-refractivity contribution in [2.24, 2.45) is 0 Å². The topological polar surface area (TPSA) is 62.6 Å². The minimum absolute atomic E-state index is 0.00342. The molecular formula is C18H20N2O3. The molecule has 0 aliphatic carbocycles. The van der Waals surface area contributed by atoms with E-state index in [1.54, 1.807) is 17.2 Å². The van der Waals surface area contributed by atoms with E-state index in [2.05, 4.69) is 5.32 Å². The number of rotatable bonds is 5. The van der Waals surface area contributed by atoms with Crippen molar-refractivity contribution in [2.45, 2.75) is 32.4 Å². The van der Waals surface area contributed by atoms with Gasteiger partial charge in [0.05, 0.1) is 19.2 Å². The Morgan fingerprint density at radius 1 is 1.30 bits per heavy atom. The van der Waals surface area contributed by atoms with Crippen LogP contribution in [0.4, 0.5) is 0 Å². The van der Waals surface area contributed by atoms with Crippen LogP contribution in [-0.4, -0.2) is 23.3 Å². The largest absolute Gasteiger partial charge is 0.467 e. The predicted octanol–water partition coefficient (Wildman–Crippen LogP) is 2.43. The maximum absolute atomic E-state index is 12.7. The summed E-state index contributed by atoms with van der Waals surface area (Å²) in [6.45, 7) is 2.90. The number of carbonyl (C=O) groups excluding carboxylic acids is 2. The Morgan fingerprint density at radius 3 is 2.87 bits per heavy atom. The van der Waals surface area contributed by atoms with Crippen molar-refractivity contribution in [1.29, 1.82) is 0 Å². The van der Waals surface area contributed by atoms with Gasteiger partial charge in [-0.2, -0.15) is 0 Å². The quantitative estimate of drug-likeness (QED) is 0.922. The molecule has 120 valence electrons. The second-order valence-corrected chi connectivity index (χ2v) is 5.66. The zero-order valence-electron chi connectivity index (χ0n) is 13.1. The van der Waals surface area contributed by atoms with Crippen molar-refractivity contribution in [2.75, 3.05) is 6.54 Å². The molecule has 0 unspecified atom stereocenters. The van der Waals surface area contributed by atoms with Crippen LogP contribution < -0.4 is 5.32 Å². The maximum Gasteiger partial charge on any atom is 0.247 e. The number of furan rings is 1. The minimum Gasteiger partial charge on any atom is -0.467 e. The first-order valence-electron chi connectivity index (χ1n) is 7.88. The van der Waals surface area contributed by atoms with Gasteiger partial charge in [-0.25, -0.2) is 0 Å². The van der Waals surface area contributed by atoms with Gasteiger partial charge in [0.15, 0.2) is 0 Å².